The van der Waals surface area contributed by atoms with Crippen molar-refractivity contribution < 1.29 is 4.79 Å². The summed E-state index contributed by atoms with van der Waals surface area (Å²) in [5.41, 5.74) is 2.60. The monoisotopic (exact) mass is 311 g/mol. The molecule has 0 aliphatic heterocycles. The average molecular weight is 312 g/mol. The maximum absolute atomic E-state index is 12.3. The van der Waals surface area contributed by atoms with Crippen LogP contribution in [-0.4, -0.2) is 25.3 Å². The van der Waals surface area contributed by atoms with Gasteiger partial charge in [0.15, 0.2) is 0 Å². The molecule has 7 heteroatoms. The molecule has 108 valence electrons. The average Bonchev–Trinajstić information content (AvgIpc) is 3.09. The van der Waals surface area contributed by atoms with Gasteiger partial charge < -0.3 is 9.38 Å². The Morgan fingerprint density at radius 1 is 1.14 bits per heavy atom. The topological polar surface area (TPSA) is 75.1 Å². The van der Waals surface area contributed by atoms with E-state index in [1.54, 1.807) is 28.9 Å². The first kappa shape index (κ1) is 12.8. The molecule has 3 heterocycles. The van der Waals surface area contributed by atoms with E-state index in [2.05, 4.69) is 20.3 Å². The summed E-state index contributed by atoms with van der Waals surface area (Å²) in [5, 5.41) is 3.29. The number of amides is 1. The van der Waals surface area contributed by atoms with Crippen LogP contribution < -0.4 is 5.32 Å². The SMILES string of the molecule is O=C(Nc1nc2ccccc2[nH]1)c1cn2cc(Cl)ccc2n1. The van der Waals surface area contributed by atoms with Crippen molar-refractivity contribution in [1.29, 1.82) is 0 Å². The number of fused-ring (bicyclic) bond motifs is 2. The zero-order valence-corrected chi connectivity index (χ0v) is 12.0. The second kappa shape index (κ2) is 4.85. The van der Waals surface area contributed by atoms with Crippen molar-refractivity contribution in [3.63, 3.8) is 0 Å². The molecular formula is C15H10ClN5O. The van der Waals surface area contributed by atoms with Gasteiger partial charge in [-0.15, -0.1) is 0 Å². The van der Waals surface area contributed by atoms with E-state index in [4.69, 9.17) is 11.6 Å². The molecule has 1 amide bonds. The molecule has 1 aromatic carbocycles. The number of para-hydroxylation sites is 2. The fraction of sp³-hybridized carbons (Fsp3) is 0. The summed E-state index contributed by atoms with van der Waals surface area (Å²) >= 11 is 5.92. The fourth-order valence-corrected chi connectivity index (χ4v) is 2.43. The van der Waals surface area contributed by atoms with Crippen LogP contribution in [0.3, 0.4) is 0 Å². The maximum Gasteiger partial charge on any atom is 0.278 e. The van der Waals surface area contributed by atoms with E-state index in [0.717, 1.165) is 11.0 Å². The fourth-order valence-electron chi connectivity index (χ4n) is 2.26. The number of nitrogens with one attached hydrogen (secondary N) is 2. The number of hydrogen-bond donors (Lipinski definition) is 2. The van der Waals surface area contributed by atoms with Crippen LogP contribution in [-0.2, 0) is 0 Å². The third-order valence-corrected chi connectivity index (χ3v) is 3.49. The van der Waals surface area contributed by atoms with Crippen LogP contribution in [0.25, 0.3) is 16.7 Å². The molecule has 0 aliphatic rings. The van der Waals surface area contributed by atoms with Gasteiger partial charge in [0.05, 0.1) is 16.1 Å². The van der Waals surface area contributed by atoms with Crippen LogP contribution in [0.4, 0.5) is 5.95 Å². The Morgan fingerprint density at radius 2 is 2.00 bits per heavy atom. The largest absolute Gasteiger partial charge is 0.324 e. The number of H-pyrrole nitrogens is 1. The highest BCUT2D eigenvalue weighted by atomic mass is 35.5. The van der Waals surface area contributed by atoms with Crippen LogP contribution in [0, 0.1) is 0 Å². The molecule has 0 unspecified atom stereocenters. The molecule has 6 nitrogen and oxygen atoms in total. The summed E-state index contributed by atoms with van der Waals surface area (Å²) in [5.74, 6) is 0.0557. The summed E-state index contributed by atoms with van der Waals surface area (Å²) in [7, 11) is 0. The minimum absolute atomic E-state index is 0.294. The summed E-state index contributed by atoms with van der Waals surface area (Å²) in [4.78, 5) is 23.9. The number of aromatic amines is 1. The van der Waals surface area contributed by atoms with Gasteiger partial charge >= 0.3 is 0 Å². The first-order valence-corrected chi connectivity index (χ1v) is 6.97. The maximum atomic E-state index is 12.3. The number of halogens is 1. The van der Waals surface area contributed by atoms with E-state index >= 15 is 0 Å². The molecule has 0 saturated heterocycles. The molecule has 0 saturated carbocycles. The van der Waals surface area contributed by atoms with Crippen LogP contribution in [0.5, 0.6) is 0 Å². The van der Waals surface area contributed by atoms with Gasteiger partial charge in [-0.2, -0.15) is 0 Å². The number of imidazole rings is 2. The van der Waals surface area contributed by atoms with Gasteiger partial charge in [-0.05, 0) is 24.3 Å². The van der Waals surface area contributed by atoms with E-state index in [1.807, 2.05) is 24.3 Å². The predicted octanol–water partition coefficient (Wildman–Crippen LogP) is 3.12. The van der Waals surface area contributed by atoms with Gasteiger partial charge in [0.1, 0.15) is 11.3 Å². The van der Waals surface area contributed by atoms with Crippen molar-refractivity contribution in [1.82, 2.24) is 19.4 Å². The highest BCUT2D eigenvalue weighted by Gasteiger charge is 2.13. The molecule has 3 aromatic heterocycles. The summed E-state index contributed by atoms with van der Waals surface area (Å²) in [6.45, 7) is 0. The summed E-state index contributed by atoms with van der Waals surface area (Å²) in [6.07, 6.45) is 3.32. The number of nitrogens with zero attached hydrogens (tertiary/aromatic N) is 3. The lowest BCUT2D eigenvalue weighted by atomic mass is 10.3. The van der Waals surface area contributed by atoms with Crippen LogP contribution in [0.1, 0.15) is 10.5 Å². The van der Waals surface area contributed by atoms with Crippen molar-refractivity contribution in [3.05, 3.63) is 59.5 Å². The third-order valence-electron chi connectivity index (χ3n) is 3.27. The third kappa shape index (κ3) is 2.19. The molecule has 22 heavy (non-hydrogen) atoms. The van der Waals surface area contributed by atoms with E-state index in [1.165, 1.54) is 0 Å². The number of rotatable bonds is 2. The van der Waals surface area contributed by atoms with Crippen molar-refractivity contribution in [2.75, 3.05) is 5.32 Å². The molecular weight excluding hydrogens is 302 g/mol. The Labute approximate surface area is 129 Å². The van der Waals surface area contributed by atoms with Gasteiger partial charge in [-0.25, -0.2) is 9.97 Å². The summed E-state index contributed by atoms with van der Waals surface area (Å²) < 4.78 is 1.70. The molecule has 0 atom stereocenters. The van der Waals surface area contributed by atoms with Gasteiger partial charge in [0.2, 0.25) is 5.95 Å². The molecule has 0 spiro atoms. The standard InChI is InChI=1S/C15H10ClN5O/c16-9-5-6-13-17-12(8-21(13)7-9)14(22)20-15-18-10-3-1-2-4-11(10)19-15/h1-8H,(H2,18,19,20,22). The molecule has 4 rings (SSSR count). The minimum atomic E-state index is -0.334. The Morgan fingerprint density at radius 3 is 2.86 bits per heavy atom. The van der Waals surface area contributed by atoms with Crippen molar-refractivity contribution in [2.24, 2.45) is 0 Å². The van der Waals surface area contributed by atoms with E-state index in [9.17, 15) is 4.79 Å². The lowest BCUT2D eigenvalue weighted by Gasteiger charge is -1.96. The number of aromatic nitrogens is 4. The molecule has 0 aliphatic carbocycles. The lowest BCUT2D eigenvalue weighted by Crippen LogP contribution is -2.13. The Hall–Kier alpha value is -2.86. The van der Waals surface area contributed by atoms with Crippen molar-refractivity contribution in [3.8, 4) is 0 Å². The molecule has 4 aromatic rings. The highest BCUT2D eigenvalue weighted by molar-refractivity contribution is 6.30. The van der Waals surface area contributed by atoms with Gasteiger partial charge in [0, 0.05) is 12.4 Å². The van der Waals surface area contributed by atoms with E-state index in [0.29, 0.717) is 22.3 Å². The lowest BCUT2D eigenvalue weighted by molar-refractivity contribution is 0.102. The van der Waals surface area contributed by atoms with Crippen molar-refractivity contribution >= 4 is 40.1 Å². The second-order valence-corrected chi connectivity index (χ2v) is 5.23. The Bertz CT molecular complexity index is 970. The zero-order chi connectivity index (χ0) is 15.1. The van der Waals surface area contributed by atoms with E-state index in [-0.39, 0.29) is 5.91 Å². The van der Waals surface area contributed by atoms with Crippen LogP contribution in [0.15, 0.2) is 48.8 Å². The molecule has 2 N–H and O–H groups in total. The first-order chi connectivity index (χ1) is 10.7. The Kier molecular flexibility index (Phi) is 2.83. The molecule has 0 bridgehead atoms. The van der Waals surface area contributed by atoms with Crippen LogP contribution in [0.2, 0.25) is 5.02 Å². The number of pyridine rings is 1. The smallest absolute Gasteiger partial charge is 0.278 e. The number of benzene rings is 1. The highest BCUT2D eigenvalue weighted by Crippen LogP contribution is 2.15. The first-order valence-electron chi connectivity index (χ1n) is 6.59. The quantitative estimate of drug-likeness (QED) is 0.597. The molecule has 0 radical (unpaired) electrons. The van der Waals surface area contributed by atoms with Crippen molar-refractivity contribution in [2.45, 2.75) is 0 Å². The Balaban J connectivity index is 1.65. The number of hydrogen-bond acceptors (Lipinski definition) is 3. The van der Waals surface area contributed by atoms with Gasteiger partial charge in [-0.3, -0.25) is 10.1 Å². The second-order valence-electron chi connectivity index (χ2n) is 4.80. The summed E-state index contributed by atoms with van der Waals surface area (Å²) in [6, 6.07) is 11.0. The minimum Gasteiger partial charge on any atom is -0.324 e. The number of carbonyl (C=O) groups is 1. The van der Waals surface area contributed by atoms with Crippen LogP contribution >= 0.6 is 11.6 Å². The number of carbonyl (C=O) groups excluding carboxylic acids is 1. The predicted molar refractivity (Wildman–Crippen MR) is 84.2 cm³/mol. The normalized spacial score (nSPS) is 11.1. The van der Waals surface area contributed by atoms with E-state index < -0.39 is 0 Å². The van der Waals surface area contributed by atoms with Gasteiger partial charge in [0.25, 0.3) is 5.91 Å². The number of anilines is 1. The van der Waals surface area contributed by atoms with Gasteiger partial charge in [-0.1, -0.05) is 23.7 Å². The zero-order valence-electron chi connectivity index (χ0n) is 11.2. The molecule has 0 fully saturated rings.